The smallest absolute Gasteiger partial charge is 0.306 e. The summed E-state index contributed by atoms with van der Waals surface area (Å²) in [6.45, 7) is 0. The van der Waals surface area contributed by atoms with Gasteiger partial charge < -0.3 is 15.7 Å². The van der Waals surface area contributed by atoms with Crippen LogP contribution in [0.1, 0.15) is 36.2 Å². The first-order valence-electron chi connectivity index (χ1n) is 6.65. The lowest BCUT2D eigenvalue weighted by molar-refractivity contribution is -0.142. The predicted octanol–water partition coefficient (Wildman–Crippen LogP) is 0.891. The normalized spacial score (nSPS) is 22.1. The number of rotatable bonds is 4. The fraction of sp³-hybridized carbons (Fsp3) is 0.538. The van der Waals surface area contributed by atoms with Crippen molar-refractivity contribution in [2.75, 3.05) is 12.4 Å². The van der Waals surface area contributed by atoms with E-state index in [1.54, 1.807) is 12.1 Å². The van der Waals surface area contributed by atoms with Crippen molar-refractivity contribution in [2.45, 2.75) is 31.7 Å². The maximum absolute atomic E-state index is 11.3. The molecule has 3 N–H and O–H groups in total. The number of amides is 1. The highest BCUT2D eigenvalue weighted by atomic mass is 16.4. The Morgan fingerprint density at radius 2 is 1.90 bits per heavy atom. The van der Waals surface area contributed by atoms with Gasteiger partial charge in [0.15, 0.2) is 5.69 Å². The average molecular weight is 278 g/mol. The van der Waals surface area contributed by atoms with Crippen molar-refractivity contribution < 1.29 is 14.7 Å². The Labute approximate surface area is 116 Å². The summed E-state index contributed by atoms with van der Waals surface area (Å²) in [7, 11) is 1.54. The van der Waals surface area contributed by atoms with Crippen molar-refractivity contribution in [1.29, 1.82) is 0 Å². The summed E-state index contributed by atoms with van der Waals surface area (Å²) in [4.78, 5) is 22.2. The monoisotopic (exact) mass is 278 g/mol. The molecule has 0 atom stereocenters. The van der Waals surface area contributed by atoms with Crippen LogP contribution < -0.4 is 10.6 Å². The van der Waals surface area contributed by atoms with Gasteiger partial charge in [0.05, 0.1) is 5.92 Å². The van der Waals surface area contributed by atoms with Gasteiger partial charge in [-0.2, -0.15) is 0 Å². The van der Waals surface area contributed by atoms with Crippen LogP contribution >= 0.6 is 0 Å². The van der Waals surface area contributed by atoms with Crippen LogP contribution in [0.15, 0.2) is 12.1 Å². The SMILES string of the molecule is CNC(=O)c1ccc(NC2CCC(C(=O)O)CC2)nn1. The summed E-state index contributed by atoms with van der Waals surface area (Å²) in [5.74, 6) is -0.602. The lowest BCUT2D eigenvalue weighted by atomic mass is 9.86. The Morgan fingerprint density at radius 3 is 2.40 bits per heavy atom. The Balaban J connectivity index is 1.88. The van der Waals surface area contributed by atoms with Gasteiger partial charge in [-0.15, -0.1) is 10.2 Å². The van der Waals surface area contributed by atoms with Crippen LogP contribution in [0.25, 0.3) is 0 Å². The van der Waals surface area contributed by atoms with Crippen LogP contribution in [0.2, 0.25) is 0 Å². The fourth-order valence-corrected chi connectivity index (χ4v) is 2.35. The first-order chi connectivity index (χ1) is 9.60. The minimum atomic E-state index is -0.710. The van der Waals surface area contributed by atoms with Gasteiger partial charge in [0.25, 0.3) is 5.91 Å². The molecule has 7 nitrogen and oxygen atoms in total. The second kappa shape index (κ2) is 6.31. The van der Waals surface area contributed by atoms with Crippen LogP contribution in [0.5, 0.6) is 0 Å². The number of hydrogen-bond acceptors (Lipinski definition) is 5. The molecule has 0 unspecified atom stereocenters. The first kappa shape index (κ1) is 14.2. The third-order valence-electron chi connectivity index (χ3n) is 3.55. The highest BCUT2D eigenvalue weighted by Crippen LogP contribution is 2.26. The summed E-state index contributed by atoms with van der Waals surface area (Å²) in [6, 6.07) is 3.53. The van der Waals surface area contributed by atoms with E-state index in [0.29, 0.717) is 18.7 Å². The largest absolute Gasteiger partial charge is 0.481 e. The molecule has 1 aliphatic rings. The van der Waals surface area contributed by atoms with E-state index >= 15 is 0 Å². The van der Waals surface area contributed by atoms with Gasteiger partial charge in [-0.05, 0) is 37.8 Å². The summed E-state index contributed by atoms with van der Waals surface area (Å²) in [5.41, 5.74) is 0.271. The van der Waals surface area contributed by atoms with Crippen LogP contribution in [0, 0.1) is 5.92 Å². The number of anilines is 1. The summed E-state index contributed by atoms with van der Waals surface area (Å²) in [5, 5.41) is 22.4. The molecule has 0 saturated heterocycles. The van der Waals surface area contributed by atoms with Crippen molar-refractivity contribution in [3.05, 3.63) is 17.8 Å². The van der Waals surface area contributed by atoms with Gasteiger partial charge in [0.1, 0.15) is 5.82 Å². The number of nitrogens with zero attached hydrogens (tertiary/aromatic N) is 2. The minimum Gasteiger partial charge on any atom is -0.481 e. The number of carboxylic acids is 1. The van der Waals surface area contributed by atoms with Crippen LogP contribution in [0.4, 0.5) is 5.82 Å². The molecule has 2 rings (SSSR count). The van der Waals surface area contributed by atoms with Crippen LogP contribution in [-0.4, -0.2) is 40.3 Å². The van der Waals surface area contributed by atoms with E-state index < -0.39 is 5.97 Å². The van der Waals surface area contributed by atoms with Crippen molar-refractivity contribution in [2.24, 2.45) is 5.92 Å². The van der Waals surface area contributed by atoms with E-state index in [1.165, 1.54) is 7.05 Å². The van der Waals surface area contributed by atoms with Gasteiger partial charge in [-0.1, -0.05) is 0 Å². The van der Waals surface area contributed by atoms with Gasteiger partial charge in [0.2, 0.25) is 0 Å². The van der Waals surface area contributed by atoms with E-state index in [9.17, 15) is 9.59 Å². The van der Waals surface area contributed by atoms with Crippen molar-refractivity contribution in [1.82, 2.24) is 15.5 Å². The van der Waals surface area contributed by atoms with E-state index in [0.717, 1.165) is 12.8 Å². The molecule has 1 aromatic heterocycles. The van der Waals surface area contributed by atoms with Gasteiger partial charge in [0, 0.05) is 13.1 Å². The molecule has 7 heteroatoms. The average Bonchev–Trinajstić information content (AvgIpc) is 2.48. The molecular formula is C13H18N4O3. The molecule has 108 valence electrons. The molecule has 1 fully saturated rings. The molecule has 1 heterocycles. The highest BCUT2D eigenvalue weighted by Gasteiger charge is 2.25. The van der Waals surface area contributed by atoms with Crippen molar-refractivity contribution in [3.63, 3.8) is 0 Å². The van der Waals surface area contributed by atoms with E-state index in [4.69, 9.17) is 5.11 Å². The highest BCUT2D eigenvalue weighted by molar-refractivity contribution is 5.91. The number of carbonyl (C=O) groups is 2. The molecule has 20 heavy (non-hydrogen) atoms. The van der Waals surface area contributed by atoms with E-state index in [2.05, 4.69) is 20.8 Å². The number of aromatic nitrogens is 2. The zero-order chi connectivity index (χ0) is 14.5. The third kappa shape index (κ3) is 3.43. The lowest BCUT2D eigenvalue weighted by Gasteiger charge is -2.26. The Hall–Kier alpha value is -2.18. The standard InChI is InChI=1S/C13H18N4O3/c1-14-12(18)10-6-7-11(17-16-10)15-9-4-2-8(3-5-9)13(19)20/h6-9H,2-5H2,1H3,(H,14,18)(H,15,17)(H,19,20). The zero-order valence-corrected chi connectivity index (χ0v) is 11.3. The molecule has 1 saturated carbocycles. The number of carbonyl (C=O) groups excluding carboxylic acids is 1. The summed E-state index contributed by atoms with van der Waals surface area (Å²) >= 11 is 0. The number of nitrogens with one attached hydrogen (secondary N) is 2. The second-order valence-electron chi connectivity index (χ2n) is 4.91. The number of aliphatic carboxylic acids is 1. The Kier molecular flexibility index (Phi) is 4.49. The topological polar surface area (TPSA) is 104 Å². The first-order valence-corrected chi connectivity index (χ1v) is 6.65. The lowest BCUT2D eigenvalue weighted by Crippen LogP contribution is -2.29. The van der Waals surface area contributed by atoms with Crippen LogP contribution in [0.3, 0.4) is 0 Å². The molecule has 0 aromatic carbocycles. The third-order valence-corrected chi connectivity index (χ3v) is 3.55. The molecule has 1 aliphatic carbocycles. The Bertz CT molecular complexity index is 481. The maximum atomic E-state index is 11.3. The summed E-state index contributed by atoms with van der Waals surface area (Å²) in [6.07, 6.45) is 2.96. The molecule has 0 spiro atoms. The molecule has 0 radical (unpaired) electrons. The van der Waals surface area contributed by atoms with E-state index in [1.807, 2.05) is 0 Å². The van der Waals surface area contributed by atoms with Crippen molar-refractivity contribution in [3.8, 4) is 0 Å². The number of hydrogen-bond donors (Lipinski definition) is 3. The summed E-state index contributed by atoms with van der Waals surface area (Å²) < 4.78 is 0. The molecule has 0 aliphatic heterocycles. The van der Waals surface area contributed by atoms with E-state index in [-0.39, 0.29) is 23.6 Å². The molecule has 1 aromatic rings. The predicted molar refractivity (Wildman–Crippen MR) is 72.4 cm³/mol. The zero-order valence-electron chi connectivity index (χ0n) is 11.3. The quantitative estimate of drug-likeness (QED) is 0.755. The number of carboxylic acid groups (broad SMARTS) is 1. The molecule has 0 bridgehead atoms. The van der Waals surface area contributed by atoms with Gasteiger partial charge in [-0.3, -0.25) is 9.59 Å². The van der Waals surface area contributed by atoms with Crippen molar-refractivity contribution >= 4 is 17.7 Å². The fourth-order valence-electron chi connectivity index (χ4n) is 2.35. The van der Waals surface area contributed by atoms with Gasteiger partial charge >= 0.3 is 5.97 Å². The van der Waals surface area contributed by atoms with Crippen LogP contribution in [-0.2, 0) is 4.79 Å². The minimum absolute atomic E-state index is 0.214. The molecular weight excluding hydrogens is 260 g/mol. The molecule has 1 amide bonds. The second-order valence-corrected chi connectivity index (χ2v) is 4.91. The Morgan fingerprint density at radius 1 is 1.20 bits per heavy atom. The van der Waals surface area contributed by atoms with Gasteiger partial charge in [-0.25, -0.2) is 0 Å². The maximum Gasteiger partial charge on any atom is 0.306 e.